The molecule has 0 aliphatic carbocycles. The van der Waals surface area contributed by atoms with E-state index in [-0.39, 0.29) is 18.0 Å². The molecule has 0 heterocycles. The molecule has 0 saturated carbocycles. The van der Waals surface area contributed by atoms with Crippen LogP contribution in [0.1, 0.15) is 47.5 Å². The zero-order valence-electron chi connectivity index (χ0n) is 10.1. The van der Waals surface area contributed by atoms with Crippen molar-refractivity contribution in [2.75, 3.05) is 0 Å². The molecule has 0 aliphatic heterocycles. The van der Waals surface area contributed by atoms with Gasteiger partial charge in [0.2, 0.25) is 5.91 Å². The van der Waals surface area contributed by atoms with Crippen LogP contribution >= 0.6 is 0 Å². The summed E-state index contributed by atoms with van der Waals surface area (Å²) in [7, 11) is 0. The Morgan fingerprint density at radius 1 is 1.21 bits per heavy atom. The molecule has 1 amide bonds. The molecule has 3 nitrogen and oxygen atoms in total. The molecule has 3 heteroatoms. The highest BCUT2D eigenvalue weighted by molar-refractivity contribution is 5.81. The van der Waals surface area contributed by atoms with Crippen LogP contribution < -0.4 is 10.6 Å². The maximum atomic E-state index is 11.5. The van der Waals surface area contributed by atoms with E-state index in [1.807, 2.05) is 20.8 Å². The first-order chi connectivity index (χ1) is 6.47. The van der Waals surface area contributed by atoms with Gasteiger partial charge in [-0.15, -0.1) is 0 Å². The first-order valence-electron chi connectivity index (χ1n) is 5.53. The number of amides is 1. The zero-order chi connectivity index (χ0) is 11.1. The summed E-state index contributed by atoms with van der Waals surface area (Å²) >= 11 is 0. The van der Waals surface area contributed by atoms with Crippen LogP contribution in [-0.2, 0) is 4.79 Å². The second-order valence-corrected chi connectivity index (χ2v) is 4.24. The van der Waals surface area contributed by atoms with Gasteiger partial charge in [0.1, 0.15) is 0 Å². The quantitative estimate of drug-likeness (QED) is 0.685. The molecule has 0 spiro atoms. The molecule has 0 fully saturated rings. The van der Waals surface area contributed by atoms with Crippen LogP contribution in [0, 0.1) is 0 Å². The highest BCUT2D eigenvalue weighted by Crippen LogP contribution is 1.97. The van der Waals surface area contributed by atoms with Gasteiger partial charge in [-0.2, -0.15) is 0 Å². The fourth-order valence-electron chi connectivity index (χ4n) is 1.43. The van der Waals surface area contributed by atoms with Crippen LogP contribution in [-0.4, -0.2) is 24.0 Å². The summed E-state index contributed by atoms with van der Waals surface area (Å²) in [5.74, 6) is 0.0861. The first kappa shape index (κ1) is 13.4. The van der Waals surface area contributed by atoms with E-state index in [0.717, 1.165) is 12.8 Å². The maximum Gasteiger partial charge on any atom is 0.237 e. The van der Waals surface area contributed by atoms with Crippen molar-refractivity contribution in [3.8, 4) is 0 Å². The highest BCUT2D eigenvalue weighted by atomic mass is 16.2. The van der Waals surface area contributed by atoms with Gasteiger partial charge >= 0.3 is 0 Å². The van der Waals surface area contributed by atoms with Crippen LogP contribution in [0.4, 0.5) is 0 Å². The summed E-state index contributed by atoms with van der Waals surface area (Å²) in [6.07, 6.45) is 2.26. The molecule has 2 unspecified atom stereocenters. The number of hydrogen-bond acceptors (Lipinski definition) is 2. The average molecular weight is 200 g/mol. The standard InChI is InChI=1S/C11H24N2O/c1-6-7-9(4)13-10(5)11(14)12-8(2)3/h8-10,13H,6-7H2,1-5H3,(H,12,14). The van der Waals surface area contributed by atoms with Gasteiger partial charge in [-0.05, 0) is 34.1 Å². The van der Waals surface area contributed by atoms with Crippen molar-refractivity contribution in [3.05, 3.63) is 0 Å². The Morgan fingerprint density at radius 2 is 1.79 bits per heavy atom. The van der Waals surface area contributed by atoms with Crippen molar-refractivity contribution in [1.29, 1.82) is 0 Å². The molecule has 0 aromatic rings. The third kappa shape index (κ3) is 5.97. The Balaban J connectivity index is 3.82. The normalized spacial score (nSPS) is 15.3. The van der Waals surface area contributed by atoms with E-state index in [0.29, 0.717) is 6.04 Å². The molecule has 0 aromatic carbocycles. The molecule has 0 aromatic heterocycles. The second kappa shape index (κ2) is 6.82. The Kier molecular flexibility index (Phi) is 6.54. The Hall–Kier alpha value is -0.570. The van der Waals surface area contributed by atoms with Crippen molar-refractivity contribution in [2.45, 2.75) is 65.6 Å². The predicted octanol–water partition coefficient (Wildman–Crippen LogP) is 1.68. The van der Waals surface area contributed by atoms with Gasteiger partial charge in [0, 0.05) is 12.1 Å². The minimum atomic E-state index is -0.0982. The van der Waals surface area contributed by atoms with E-state index < -0.39 is 0 Å². The van der Waals surface area contributed by atoms with E-state index in [9.17, 15) is 4.79 Å². The van der Waals surface area contributed by atoms with Crippen LogP contribution in [0.25, 0.3) is 0 Å². The van der Waals surface area contributed by atoms with Gasteiger partial charge in [-0.3, -0.25) is 4.79 Å². The smallest absolute Gasteiger partial charge is 0.237 e. The van der Waals surface area contributed by atoms with Crippen molar-refractivity contribution in [2.24, 2.45) is 0 Å². The highest BCUT2D eigenvalue weighted by Gasteiger charge is 2.14. The van der Waals surface area contributed by atoms with Crippen LogP contribution in [0.3, 0.4) is 0 Å². The predicted molar refractivity (Wildman–Crippen MR) is 60.2 cm³/mol. The lowest BCUT2D eigenvalue weighted by Crippen LogP contribution is -2.47. The number of carbonyl (C=O) groups excluding carboxylic acids is 1. The summed E-state index contributed by atoms with van der Waals surface area (Å²) in [6, 6.07) is 0.528. The molecule has 84 valence electrons. The molecule has 0 aliphatic rings. The molecule has 0 rings (SSSR count). The van der Waals surface area contributed by atoms with Gasteiger partial charge < -0.3 is 10.6 Å². The van der Waals surface area contributed by atoms with Gasteiger partial charge in [0.15, 0.2) is 0 Å². The van der Waals surface area contributed by atoms with Crippen molar-refractivity contribution >= 4 is 5.91 Å². The number of rotatable bonds is 6. The largest absolute Gasteiger partial charge is 0.353 e. The Labute approximate surface area is 87.6 Å². The molecule has 0 radical (unpaired) electrons. The molecular weight excluding hydrogens is 176 g/mol. The van der Waals surface area contributed by atoms with Gasteiger partial charge in [-0.25, -0.2) is 0 Å². The Bertz CT molecular complexity index is 169. The van der Waals surface area contributed by atoms with Crippen LogP contribution in [0.5, 0.6) is 0 Å². The lowest BCUT2D eigenvalue weighted by molar-refractivity contribution is -0.123. The molecule has 0 bridgehead atoms. The summed E-state index contributed by atoms with van der Waals surface area (Å²) in [4.78, 5) is 11.5. The van der Waals surface area contributed by atoms with Crippen molar-refractivity contribution in [3.63, 3.8) is 0 Å². The fourth-order valence-corrected chi connectivity index (χ4v) is 1.43. The van der Waals surface area contributed by atoms with Crippen LogP contribution in [0.2, 0.25) is 0 Å². The Morgan fingerprint density at radius 3 is 2.21 bits per heavy atom. The molecular formula is C11H24N2O. The summed E-state index contributed by atoms with van der Waals surface area (Å²) in [5, 5.41) is 6.16. The lowest BCUT2D eigenvalue weighted by Gasteiger charge is -2.20. The van der Waals surface area contributed by atoms with E-state index in [2.05, 4.69) is 24.5 Å². The minimum absolute atomic E-state index is 0.0861. The minimum Gasteiger partial charge on any atom is -0.353 e. The monoisotopic (exact) mass is 200 g/mol. The van der Waals surface area contributed by atoms with Crippen molar-refractivity contribution in [1.82, 2.24) is 10.6 Å². The van der Waals surface area contributed by atoms with Crippen molar-refractivity contribution < 1.29 is 4.79 Å². The summed E-state index contributed by atoms with van der Waals surface area (Å²) in [5.41, 5.74) is 0. The molecule has 14 heavy (non-hydrogen) atoms. The van der Waals surface area contributed by atoms with E-state index in [1.54, 1.807) is 0 Å². The van der Waals surface area contributed by atoms with Gasteiger partial charge in [-0.1, -0.05) is 13.3 Å². The zero-order valence-corrected chi connectivity index (χ0v) is 10.1. The third-order valence-electron chi connectivity index (χ3n) is 2.08. The van der Waals surface area contributed by atoms with Gasteiger partial charge in [0.05, 0.1) is 6.04 Å². The summed E-state index contributed by atoms with van der Waals surface area (Å²) < 4.78 is 0. The topological polar surface area (TPSA) is 41.1 Å². The number of nitrogens with one attached hydrogen (secondary N) is 2. The van der Waals surface area contributed by atoms with Crippen LogP contribution in [0.15, 0.2) is 0 Å². The average Bonchev–Trinajstić information content (AvgIpc) is 2.02. The van der Waals surface area contributed by atoms with E-state index in [4.69, 9.17) is 0 Å². The van der Waals surface area contributed by atoms with E-state index >= 15 is 0 Å². The SMILES string of the molecule is CCCC(C)NC(C)C(=O)NC(C)C. The second-order valence-electron chi connectivity index (χ2n) is 4.24. The number of carbonyl (C=O) groups is 1. The first-order valence-corrected chi connectivity index (χ1v) is 5.53. The molecule has 2 N–H and O–H groups in total. The third-order valence-corrected chi connectivity index (χ3v) is 2.08. The fraction of sp³-hybridized carbons (Fsp3) is 0.909. The van der Waals surface area contributed by atoms with Gasteiger partial charge in [0.25, 0.3) is 0 Å². The lowest BCUT2D eigenvalue weighted by atomic mass is 10.1. The molecule has 0 saturated heterocycles. The summed E-state index contributed by atoms with van der Waals surface area (Å²) in [6.45, 7) is 10.1. The number of hydrogen-bond donors (Lipinski definition) is 2. The van der Waals surface area contributed by atoms with E-state index in [1.165, 1.54) is 0 Å². The molecule has 2 atom stereocenters. The maximum absolute atomic E-state index is 11.5.